The standard InChI is InChI=1S/C12H18N2O2S/c1-9-2-5-17-11(9)6-12(15)14-3-4-16-8-10(14)7-13/h2,5,10H,3-4,6-8,13H2,1H3. The molecule has 2 heterocycles. The van der Waals surface area contributed by atoms with Crippen LogP contribution in [0.4, 0.5) is 0 Å². The fraction of sp³-hybridized carbons (Fsp3) is 0.583. The summed E-state index contributed by atoms with van der Waals surface area (Å²) in [6.45, 7) is 4.34. The highest BCUT2D eigenvalue weighted by Crippen LogP contribution is 2.18. The number of hydrogen-bond donors (Lipinski definition) is 1. The summed E-state index contributed by atoms with van der Waals surface area (Å²) < 4.78 is 5.34. The van der Waals surface area contributed by atoms with Crippen molar-refractivity contribution in [3.05, 3.63) is 21.9 Å². The third-order valence-electron chi connectivity index (χ3n) is 3.10. The Morgan fingerprint density at radius 1 is 1.71 bits per heavy atom. The number of thiophene rings is 1. The molecule has 0 spiro atoms. The minimum atomic E-state index is 0.0384. The van der Waals surface area contributed by atoms with Crippen molar-refractivity contribution >= 4 is 17.2 Å². The zero-order chi connectivity index (χ0) is 12.3. The zero-order valence-corrected chi connectivity index (χ0v) is 10.8. The molecular weight excluding hydrogens is 236 g/mol. The van der Waals surface area contributed by atoms with Crippen LogP contribution in [0.3, 0.4) is 0 Å². The zero-order valence-electron chi connectivity index (χ0n) is 10.0. The number of rotatable bonds is 3. The molecule has 4 nitrogen and oxygen atoms in total. The summed E-state index contributed by atoms with van der Waals surface area (Å²) in [5.41, 5.74) is 6.86. The number of nitrogens with zero attached hydrogens (tertiary/aromatic N) is 1. The molecule has 0 bridgehead atoms. The number of ether oxygens (including phenoxy) is 1. The van der Waals surface area contributed by atoms with E-state index in [4.69, 9.17) is 10.5 Å². The average Bonchev–Trinajstić information content (AvgIpc) is 2.75. The molecule has 1 unspecified atom stereocenters. The molecule has 94 valence electrons. The molecule has 1 aromatic heterocycles. The highest BCUT2D eigenvalue weighted by molar-refractivity contribution is 7.10. The van der Waals surface area contributed by atoms with Crippen LogP contribution in [-0.2, 0) is 16.0 Å². The van der Waals surface area contributed by atoms with Gasteiger partial charge in [0.05, 0.1) is 25.7 Å². The molecule has 1 fully saturated rings. The molecule has 2 rings (SSSR count). The Labute approximate surface area is 105 Å². The molecule has 0 aliphatic carbocycles. The minimum absolute atomic E-state index is 0.0384. The van der Waals surface area contributed by atoms with Gasteiger partial charge in [-0.15, -0.1) is 11.3 Å². The van der Waals surface area contributed by atoms with Gasteiger partial charge in [-0.3, -0.25) is 4.79 Å². The third-order valence-corrected chi connectivity index (χ3v) is 4.12. The SMILES string of the molecule is Cc1ccsc1CC(=O)N1CCOCC1CN. The molecular formula is C12H18N2O2S. The summed E-state index contributed by atoms with van der Waals surface area (Å²) in [6.07, 6.45) is 0.486. The van der Waals surface area contributed by atoms with Crippen LogP contribution in [0.1, 0.15) is 10.4 Å². The Balaban J connectivity index is 2.01. The number of carbonyl (C=O) groups excluding carboxylic acids is 1. The number of morpholine rings is 1. The summed E-state index contributed by atoms with van der Waals surface area (Å²) in [5.74, 6) is 0.161. The second-order valence-electron chi connectivity index (χ2n) is 4.26. The first kappa shape index (κ1) is 12.5. The van der Waals surface area contributed by atoms with Crippen molar-refractivity contribution in [1.82, 2.24) is 4.90 Å². The molecule has 1 amide bonds. The first-order valence-corrected chi connectivity index (χ1v) is 6.70. The molecule has 1 aliphatic rings. The van der Waals surface area contributed by atoms with Gasteiger partial charge in [0.25, 0.3) is 0 Å². The predicted octanol–water partition coefficient (Wildman–Crippen LogP) is 0.785. The van der Waals surface area contributed by atoms with Gasteiger partial charge in [0.2, 0.25) is 5.91 Å². The van der Waals surface area contributed by atoms with Gasteiger partial charge in [-0.05, 0) is 23.9 Å². The van der Waals surface area contributed by atoms with Gasteiger partial charge >= 0.3 is 0 Å². The van der Waals surface area contributed by atoms with E-state index in [1.54, 1.807) is 11.3 Å². The van der Waals surface area contributed by atoms with E-state index in [9.17, 15) is 4.79 Å². The van der Waals surface area contributed by atoms with Gasteiger partial charge in [-0.2, -0.15) is 0 Å². The van der Waals surface area contributed by atoms with Gasteiger partial charge in [-0.25, -0.2) is 0 Å². The van der Waals surface area contributed by atoms with E-state index >= 15 is 0 Å². The summed E-state index contributed by atoms with van der Waals surface area (Å²) >= 11 is 1.64. The second kappa shape index (κ2) is 5.62. The van der Waals surface area contributed by atoms with Crippen molar-refractivity contribution in [2.75, 3.05) is 26.3 Å². The summed E-state index contributed by atoms with van der Waals surface area (Å²) in [6, 6.07) is 2.09. The molecule has 0 aromatic carbocycles. The van der Waals surface area contributed by atoms with Gasteiger partial charge in [-0.1, -0.05) is 0 Å². The van der Waals surface area contributed by atoms with E-state index in [1.807, 2.05) is 23.3 Å². The van der Waals surface area contributed by atoms with Crippen LogP contribution in [0.25, 0.3) is 0 Å². The molecule has 17 heavy (non-hydrogen) atoms. The predicted molar refractivity (Wildman–Crippen MR) is 68.1 cm³/mol. The Kier molecular flexibility index (Phi) is 4.15. The monoisotopic (exact) mass is 254 g/mol. The normalized spacial score (nSPS) is 20.6. The highest BCUT2D eigenvalue weighted by atomic mass is 32.1. The first-order chi connectivity index (χ1) is 8.22. The fourth-order valence-corrected chi connectivity index (χ4v) is 2.90. The molecule has 1 saturated heterocycles. The number of aryl methyl sites for hydroxylation is 1. The van der Waals surface area contributed by atoms with E-state index in [0.29, 0.717) is 32.7 Å². The van der Waals surface area contributed by atoms with Gasteiger partial charge in [0.15, 0.2) is 0 Å². The number of amides is 1. The number of hydrogen-bond acceptors (Lipinski definition) is 4. The molecule has 2 N–H and O–H groups in total. The van der Waals surface area contributed by atoms with Crippen LogP contribution in [0.2, 0.25) is 0 Å². The number of carbonyl (C=O) groups is 1. The lowest BCUT2D eigenvalue weighted by atomic mass is 10.1. The lowest BCUT2D eigenvalue weighted by Crippen LogP contribution is -2.52. The Morgan fingerprint density at radius 2 is 2.53 bits per heavy atom. The van der Waals surface area contributed by atoms with Gasteiger partial charge in [0, 0.05) is 18.0 Å². The van der Waals surface area contributed by atoms with Crippen LogP contribution >= 0.6 is 11.3 Å². The Morgan fingerprint density at radius 3 is 3.18 bits per heavy atom. The molecule has 0 saturated carbocycles. The van der Waals surface area contributed by atoms with Crippen LogP contribution < -0.4 is 5.73 Å². The largest absolute Gasteiger partial charge is 0.377 e. The van der Waals surface area contributed by atoms with Crippen LogP contribution in [0.5, 0.6) is 0 Å². The fourth-order valence-electron chi connectivity index (χ4n) is 2.00. The van der Waals surface area contributed by atoms with Crippen molar-refractivity contribution in [2.24, 2.45) is 5.73 Å². The smallest absolute Gasteiger partial charge is 0.228 e. The van der Waals surface area contributed by atoms with Crippen molar-refractivity contribution in [3.63, 3.8) is 0 Å². The minimum Gasteiger partial charge on any atom is -0.377 e. The maximum atomic E-state index is 12.2. The Bertz CT molecular complexity index is 392. The first-order valence-electron chi connectivity index (χ1n) is 5.82. The summed E-state index contributed by atoms with van der Waals surface area (Å²) in [5, 5.41) is 2.03. The topological polar surface area (TPSA) is 55.6 Å². The highest BCUT2D eigenvalue weighted by Gasteiger charge is 2.26. The van der Waals surface area contributed by atoms with Crippen LogP contribution in [0.15, 0.2) is 11.4 Å². The van der Waals surface area contributed by atoms with Crippen LogP contribution in [-0.4, -0.2) is 43.2 Å². The molecule has 5 heteroatoms. The summed E-state index contributed by atoms with van der Waals surface area (Å²) in [7, 11) is 0. The molecule has 1 aliphatic heterocycles. The van der Waals surface area contributed by atoms with E-state index in [2.05, 4.69) is 0 Å². The van der Waals surface area contributed by atoms with Crippen molar-refractivity contribution in [1.29, 1.82) is 0 Å². The maximum Gasteiger partial charge on any atom is 0.228 e. The third kappa shape index (κ3) is 2.86. The van der Waals surface area contributed by atoms with E-state index < -0.39 is 0 Å². The quantitative estimate of drug-likeness (QED) is 0.867. The van der Waals surface area contributed by atoms with E-state index in [-0.39, 0.29) is 11.9 Å². The van der Waals surface area contributed by atoms with Gasteiger partial charge < -0.3 is 15.4 Å². The molecule has 1 atom stereocenters. The van der Waals surface area contributed by atoms with Gasteiger partial charge in [0.1, 0.15) is 0 Å². The Hall–Kier alpha value is -0.910. The molecule has 0 radical (unpaired) electrons. The molecule has 1 aromatic rings. The lowest BCUT2D eigenvalue weighted by molar-refractivity contribution is -0.138. The number of nitrogens with two attached hydrogens (primary N) is 1. The van der Waals surface area contributed by atoms with Crippen molar-refractivity contribution in [3.8, 4) is 0 Å². The van der Waals surface area contributed by atoms with E-state index in [1.165, 1.54) is 5.56 Å². The average molecular weight is 254 g/mol. The second-order valence-corrected chi connectivity index (χ2v) is 5.26. The lowest BCUT2D eigenvalue weighted by Gasteiger charge is -2.34. The summed E-state index contributed by atoms with van der Waals surface area (Å²) in [4.78, 5) is 15.2. The maximum absolute atomic E-state index is 12.2. The van der Waals surface area contributed by atoms with Crippen molar-refractivity contribution < 1.29 is 9.53 Å². The van der Waals surface area contributed by atoms with E-state index in [0.717, 1.165) is 4.88 Å². The van der Waals surface area contributed by atoms with Crippen LogP contribution in [0, 0.1) is 6.92 Å². The van der Waals surface area contributed by atoms with Crippen molar-refractivity contribution in [2.45, 2.75) is 19.4 Å².